The summed E-state index contributed by atoms with van der Waals surface area (Å²) in [5, 5.41) is 3.03. The minimum absolute atomic E-state index is 0.0575. The maximum Gasteiger partial charge on any atom is 0.234 e. The summed E-state index contributed by atoms with van der Waals surface area (Å²) < 4.78 is 0. The SMILES string of the molecule is CCN(C)CC(=O)NC(C)c1ccc(C)c(C)c1. The van der Waals surface area contributed by atoms with Gasteiger partial charge in [0.15, 0.2) is 0 Å². The van der Waals surface area contributed by atoms with Crippen molar-refractivity contribution >= 4 is 5.91 Å². The van der Waals surface area contributed by atoms with Crippen molar-refractivity contribution in [3.8, 4) is 0 Å². The van der Waals surface area contributed by atoms with E-state index in [1.807, 2.05) is 25.8 Å². The molecule has 0 heterocycles. The van der Waals surface area contributed by atoms with Crippen LogP contribution in [0.15, 0.2) is 18.2 Å². The van der Waals surface area contributed by atoms with Crippen molar-refractivity contribution in [2.75, 3.05) is 20.1 Å². The van der Waals surface area contributed by atoms with Gasteiger partial charge in [-0.15, -0.1) is 0 Å². The van der Waals surface area contributed by atoms with Crippen LogP contribution in [0.3, 0.4) is 0 Å². The fourth-order valence-corrected chi connectivity index (χ4v) is 1.76. The number of rotatable bonds is 5. The molecule has 3 nitrogen and oxygen atoms in total. The summed E-state index contributed by atoms with van der Waals surface area (Å²) in [6.07, 6.45) is 0. The molecular formula is C15H24N2O. The number of carbonyl (C=O) groups is 1. The first-order chi connectivity index (χ1) is 8.43. The molecule has 0 aliphatic rings. The first-order valence-corrected chi connectivity index (χ1v) is 6.49. The molecule has 1 rings (SSSR count). The molecule has 0 radical (unpaired) electrons. The van der Waals surface area contributed by atoms with Crippen LogP contribution in [0.4, 0.5) is 0 Å². The van der Waals surface area contributed by atoms with Gasteiger partial charge in [0.05, 0.1) is 12.6 Å². The van der Waals surface area contributed by atoms with E-state index in [9.17, 15) is 4.79 Å². The Bertz CT molecular complexity index is 415. The third kappa shape index (κ3) is 4.15. The Morgan fingerprint density at radius 3 is 2.56 bits per heavy atom. The molecular weight excluding hydrogens is 224 g/mol. The lowest BCUT2D eigenvalue weighted by molar-refractivity contribution is -0.122. The molecule has 1 atom stereocenters. The summed E-state index contributed by atoms with van der Waals surface area (Å²) in [6.45, 7) is 9.59. The molecule has 0 aliphatic heterocycles. The van der Waals surface area contributed by atoms with Crippen molar-refractivity contribution in [1.29, 1.82) is 0 Å². The second-order valence-electron chi connectivity index (χ2n) is 4.96. The van der Waals surface area contributed by atoms with Crippen LogP contribution in [0.1, 0.15) is 36.6 Å². The topological polar surface area (TPSA) is 32.3 Å². The van der Waals surface area contributed by atoms with E-state index in [1.165, 1.54) is 11.1 Å². The van der Waals surface area contributed by atoms with Gasteiger partial charge in [0.2, 0.25) is 5.91 Å². The Morgan fingerprint density at radius 2 is 2.00 bits per heavy atom. The van der Waals surface area contributed by atoms with Crippen molar-refractivity contribution in [3.63, 3.8) is 0 Å². The van der Waals surface area contributed by atoms with Crippen LogP contribution >= 0.6 is 0 Å². The zero-order valence-electron chi connectivity index (χ0n) is 12.1. The number of nitrogens with zero attached hydrogens (tertiary/aromatic N) is 1. The van der Waals surface area contributed by atoms with Crippen LogP contribution in [-0.4, -0.2) is 30.9 Å². The monoisotopic (exact) mass is 248 g/mol. The van der Waals surface area contributed by atoms with Crippen molar-refractivity contribution in [2.45, 2.75) is 33.7 Å². The molecule has 0 saturated carbocycles. The maximum absolute atomic E-state index is 11.8. The van der Waals surface area contributed by atoms with E-state index < -0.39 is 0 Å². The van der Waals surface area contributed by atoms with E-state index >= 15 is 0 Å². The van der Waals surface area contributed by atoms with E-state index in [0.29, 0.717) is 6.54 Å². The molecule has 1 aromatic carbocycles. The third-order valence-corrected chi connectivity index (χ3v) is 3.36. The number of nitrogens with one attached hydrogen (secondary N) is 1. The Labute approximate surface area is 110 Å². The molecule has 0 aliphatic carbocycles. The lowest BCUT2D eigenvalue weighted by Crippen LogP contribution is -2.36. The number of carbonyl (C=O) groups excluding carboxylic acids is 1. The minimum Gasteiger partial charge on any atom is -0.348 e. The highest BCUT2D eigenvalue weighted by molar-refractivity contribution is 5.78. The lowest BCUT2D eigenvalue weighted by Gasteiger charge is -2.18. The summed E-state index contributed by atoms with van der Waals surface area (Å²) in [5.74, 6) is 0.0741. The van der Waals surface area contributed by atoms with Crippen LogP contribution in [0.2, 0.25) is 0 Å². The summed E-state index contributed by atoms with van der Waals surface area (Å²) in [7, 11) is 1.94. The maximum atomic E-state index is 11.8. The van der Waals surface area contributed by atoms with Gasteiger partial charge in [-0.05, 0) is 51.1 Å². The molecule has 0 bridgehead atoms. The Kier molecular flexibility index (Phi) is 5.35. The van der Waals surface area contributed by atoms with Gasteiger partial charge in [0, 0.05) is 0 Å². The average molecular weight is 248 g/mol. The summed E-state index contributed by atoms with van der Waals surface area (Å²) in [4.78, 5) is 13.8. The van der Waals surface area contributed by atoms with Crippen LogP contribution < -0.4 is 5.32 Å². The van der Waals surface area contributed by atoms with Crippen LogP contribution in [0, 0.1) is 13.8 Å². The van der Waals surface area contributed by atoms with Crippen LogP contribution in [0.25, 0.3) is 0 Å². The van der Waals surface area contributed by atoms with Crippen LogP contribution in [0.5, 0.6) is 0 Å². The van der Waals surface area contributed by atoms with Gasteiger partial charge < -0.3 is 5.32 Å². The predicted octanol–water partition coefficient (Wildman–Crippen LogP) is 2.43. The van der Waals surface area contributed by atoms with E-state index in [4.69, 9.17) is 0 Å². The predicted molar refractivity (Wildman–Crippen MR) is 75.6 cm³/mol. The van der Waals surface area contributed by atoms with Crippen molar-refractivity contribution in [2.24, 2.45) is 0 Å². The first kappa shape index (κ1) is 14.7. The third-order valence-electron chi connectivity index (χ3n) is 3.36. The molecule has 0 aromatic heterocycles. The lowest BCUT2D eigenvalue weighted by atomic mass is 10.0. The Morgan fingerprint density at radius 1 is 1.33 bits per heavy atom. The van der Waals surface area contributed by atoms with Gasteiger partial charge in [-0.2, -0.15) is 0 Å². The molecule has 1 amide bonds. The Balaban J connectivity index is 2.62. The van der Waals surface area contributed by atoms with E-state index in [-0.39, 0.29) is 11.9 Å². The smallest absolute Gasteiger partial charge is 0.234 e. The number of likely N-dealkylation sites (N-methyl/N-ethyl adjacent to an activating group) is 1. The van der Waals surface area contributed by atoms with E-state index in [0.717, 1.165) is 12.1 Å². The molecule has 0 saturated heterocycles. The number of hydrogen-bond acceptors (Lipinski definition) is 2. The van der Waals surface area contributed by atoms with Gasteiger partial charge in [0.1, 0.15) is 0 Å². The largest absolute Gasteiger partial charge is 0.348 e. The van der Waals surface area contributed by atoms with Gasteiger partial charge in [-0.3, -0.25) is 9.69 Å². The molecule has 1 unspecified atom stereocenters. The fraction of sp³-hybridized carbons (Fsp3) is 0.533. The molecule has 1 N–H and O–H groups in total. The van der Waals surface area contributed by atoms with Gasteiger partial charge in [-0.1, -0.05) is 25.1 Å². The quantitative estimate of drug-likeness (QED) is 0.868. The second kappa shape index (κ2) is 6.55. The zero-order valence-corrected chi connectivity index (χ0v) is 12.1. The highest BCUT2D eigenvalue weighted by Gasteiger charge is 2.11. The normalized spacial score (nSPS) is 12.6. The number of amides is 1. The number of aryl methyl sites for hydroxylation is 2. The van der Waals surface area contributed by atoms with E-state index in [1.54, 1.807) is 0 Å². The standard InChI is InChI=1S/C15H24N2O/c1-6-17(5)10-15(18)16-13(4)14-8-7-11(2)12(3)9-14/h7-9,13H,6,10H2,1-5H3,(H,16,18). The number of hydrogen-bond donors (Lipinski definition) is 1. The average Bonchev–Trinajstić information content (AvgIpc) is 2.32. The summed E-state index contributed by atoms with van der Waals surface area (Å²) >= 11 is 0. The van der Waals surface area contributed by atoms with Gasteiger partial charge in [-0.25, -0.2) is 0 Å². The fourth-order valence-electron chi connectivity index (χ4n) is 1.76. The van der Waals surface area contributed by atoms with Crippen LogP contribution in [-0.2, 0) is 4.79 Å². The molecule has 100 valence electrons. The first-order valence-electron chi connectivity index (χ1n) is 6.49. The minimum atomic E-state index is 0.0575. The second-order valence-corrected chi connectivity index (χ2v) is 4.96. The Hall–Kier alpha value is -1.35. The zero-order chi connectivity index (χ0) is 13.7. The van der Waals surface area contributed by atoms with Crippen molar-refractivity contribution in [3.05, 3.63) is 34.9 Å². The molecule has 1 aromatic rings. The van der Waals surface area contributed by atoms with Crippen molar-refractivity contribution in [1.82, 2.24) is 10.2 Å². The highest BCUT2D eigenvalue weighted by Crippen LogP contribution is 2.16. The van der Waals surface area contributed by atoms with Crippen molar-refractivity contribution < 1.29 is 4.79 Å². The van der Waals surface area contributed by atoms with Gasteiger partial charge >= 0.3 is 0 Å². The molecule has 0 spiro atoms. The summed E-state index contributed by atoms with van der Waals surface area (Å²) in [6, 6.07) is 6.38. The molecule has 3 heteroatoms. The molecule has 0 fully saturated rings. The number of benzene rings is 1. The summed E-state index contributed by atoms with van der Waals surface area (Å²) in [5.41, 5.74) is 3.70. The van der Waals surface area contributed by atoms with Gasteiger partial charge in [0.25, 0.3) is 0 Å². The van der Waals surface area contributed by atoms with E-state index in [2.05, 4.69) is 37.4 Å². The molecule has 18 heavy (non-hydrogen) atoms. The highest BCUT2D eigenvalue weighted by atomic mass is 16.2.